The number of rotatable bonds is 2. The van der Waals surface area contributed by atoms with E-state index in [1.54, 1.807) is 0 Å². The highest BCUT2D eigenvalue weighted by Crippen LogP contribution is 2.31. The van der Waals surface area contributed by atoms with E-state index in [2.05, 4.69) is 133 Å². The predicted molar refractivity (Wildman–Crippen MR) is 148 cm³/mol. The molecule has 5 rings (SSSR count). The maximum Gasteiger partial charge on any atom is 0.0710 e. The van der Waals surface area contributed by atoms with Crippen LogP contribution in [0.1, 0.15) is 52.7 Å². The SMILES string of the molecule is CC(C)(C)c1ccc(-c2ccc3nc4ccc(-c5ccc(C(C)(C)C)cc5)cc4cc3c2)cc1. The predicted octanol–water partition coefficient (Wildman–Crippen LogP) is 9.32. The van der Waals surface area contributed by atoms with E-state index in [4.69, 9.17) is 4.98 Å². The molecule has 4 aromatic carbocycles. The fourth-order valence-electron chi connectivity index (χ4n) is 4.53. The number of benzene rings is 4. The van der Waals surface area contributed by atoms with Gasteiger partial charge < -0.3 is 0 Å². The molecule has 0 saturated heterocycles. The molecule has 0 aliphatic heterocycles. The van der Waals surface area contributed by atoms with Crippen molar-refractivity contribution in [1.29, 1.82) is 0 Å². The highest BCUT2D eigenvalue weighted by molar-refractivity contribution is 5.96. The first kappa shape index (κ1) is 22.3. The Labute approximate surface area is 203 Å². The molecule has 0 fully saturated rings. The van der Waals surface area contributed by atoms with E-state index < -0.39 is 0 Å². The second-order valence-electron chi connectivity index (χ2n) is 11.5. The zero-order chi connectivity index (χ0) is 24.1. The zero-order valence-corrected chi connectivity index (χ0v) is 21.1. The van der Waals surface area contributed by atoms with Gasteiger partial charge in [0.05, 0.1) is 11.0 Å². The molecular formula is C33H33N. The van der Waals surface area contributed by atoms with Crippen molar-refractivity contribution in [1.82, 2.24) is 4.98 Å². The first-order valence-corrected chi connectivity index (χ1v) is 12.1. The van der Waals surface area contributed by atoms with E-state index in [1.807, 2.05) is 0 Å². The Hall–Kier alpha value is -3.45. The van der Waals surface area contributed by atoms with Crippen LogP contribution in [0.25, 0.3) is 44.1 Å². The molecule has 0 spiro atoms. The largest absolute Gasteiger partial charge is 0.248 e. The van der Waals surface area contributed by atoms with E-state index in [0.717, 1.165) is 11.0 Å². The van der Waals surface area contributed by atoms with Crippen LogP contribution in [0.5, 0.6) is 0 Å². The Bertz CT molecular complexity index is 1360. The molecule has 0 N–H and O–H groups in total. The maximum absolute atomic E-state index is 4.94. The molecule has 0 radical (unpaired) electrons. The number of pyridine rings is 1. The number of hydrogen-bond donors (Lipinski definition) is 0. The van der Waals surface area contributed by atoms with Crippen LogP contribution in [0.3, 0.4) is 0 Å². The molecule has 1 aromatic heterocycles. The van der Waals surface area contributed by atoms with Crippen LogP contribution in [0.15, 0.2) is 91.0 Å². The van der Waals surface area contributed by atoms with Gasteiger partial charge in [-0.05, 0) is 74.5 Å². The molecule has 1 heterocycles. The normalized spacial score (nSPS) is 12.4. The number of aromatic nitrogens is 1. The Balaban J connectivity index is 1.53. The minimum absolute atomic E-state index is 0.162. The first-order chi connectivity index (χ1) is 16.1. The Morgan fingerprint density at radius 3 is 1.12 bits per heavy atom. The Kier molecular flexibility index (Phi) is 5.32. The fraction of sp³-hybridized carbons (Fsp3) is 0.242. The molecule has 0 saturated carbocycles. The van der Waals surface area contributed by atoms with Gasteiger partial charge in [-0.25, -0.2) is 4.98 Å². The van der Waals surface area contributed by atoms with Gasteiger partial charge in [0.25, 0.3) is 0 Å². The first-order valence-electron chi connectivity index (χ1n) is 12.1. The smallest absolute Gasteiger partial charge is 0.0710 e. The van der Waals surface area contributed by atoms with E-state index in [-0.39, 0.29) is 10.8 Å². The van der Waals surface area contributed by atoms with Crippen molar-refractivity contribution >= 4 is 21.8 Å². The summed E-state index contributed by atoms with van der Waals surface area (Å²) in [6.45, 7) is 13.5. The number of nitrogens with zero attached hydrogens (tertiary/aromatic N) is 1. The van der Waals surface area contributed by atoms with Gasteiger partial charge in [0, 0.05) is 10.8 Å². The summed E-state index contributed by atoms with van der Waals surface area (Å²) < 4.78 is 0. The average Bonchev–Trinajstić information content (AvgIpc) is 2.81. The van der Waals surface area contributed by atoms with Crippen molar-refractivity contribution in [2.75, 3.05) is 0 Å². The summed E-state index contributed by atoms with van der Waals surface area (Å²) in [6, 6.07) is 33.3. The number of fused-ring (bicyclic) bond motifs is 2. The molecule has 0 atom stereocenters. The minimum Gasteiger partial charge on any atom is -0.248 e. The van der Waals surface area contributed by atoms with Crippen LogP contribution in [0, 0.1) is 0 Å². The minimum atomic E-state index is 0.162. The van der Waals surface area contributed by atoms with E-state index in [9.17, 15) is 0 Å². The van der Waals surface area contributed by atoms with Gasteiger partial charge in [0.1, 0.15) is 0 Å². The molecule has 1 nitrogen and oxygen atoms in total. The number of hydrogen-bond acceptors (Lipinski definition) is 1. The van der Waals surface area contributed by atoms with Crippen molar-refractivity contribution in [2.45, 2.75) is 52.4 Å². The third kappa shape index (κ3) is 4.35. The standard InChI is InChI=1S/C33H33N/c1-32(2,3)28-13-7-22(8-14-28)24-11-17-30-26(19-24)21-27-20-25(12-18-31(27)34-30)23-9-15-29(16-10-23)33(4,5)6/h7-21H,1-6H3. The summed E-state index contributed by atoms with van der Waals surface area (Å²) in [7, 11) is 0. The van der Waals surface area contributed by atoms with Crippen molar-refractivity contribution in [3.05, 3.63) is 102 Å². The van der Waals surface area contributed by atoms with Crippen molar-refractivity contribution in [3.8, 4) is 22.3 Å². The second kappa shape index (κ2) is 8.09. The molecule has 170 valence electrons. The van der Waals surface area contributed by atoms with Crippen LogP contribution in [0.2, 0.25) is 0 Å². The monoisotopic (exact) mass is 443 g/mol. The van der Waals surface area contributed by atoms with Crippen LogP contribution in [-0.2, 0) is 10.8 Å². The summed E-state index contributed by atoms with van der Waals surface area (Å²) >= 11 is 0. The van der Waals surface area contributed by atoms with Crippen molar-refractivity contribution in [2.24, 2.45) is 0 Å². The lowest BCUT2D eigenvalue weighted by atomic mass is 9.86. The molecule has 0 aliphatic carbocycles. The molecule has 0 amide bonds. The fourth-order valence-corrected chi connectivity index (χ4v) is 4.53. The topological polar surface area (TPSA) is 12.9 Å². The van der Waals surface area contributed by atoms with Crippen LogP contribution < -0.4 is 0 Å². The lowest BCUT2D eigenvalue weighted by molar-refractivity contribution is 0.590. The Morgan fingerprint density at radius 1 is 0.412 bits per heavy atom. The second-order valence-corrected chi connectivity index (χ2v) is 11.5. The van der Waals surface area contributed by atoms with Gasteiger partial charge in [0.2, 0.25) is 0 Å². The van der Waals surface area contributed by atoms with Gasteiger partial charge >= 0.3 is 0 Å². The zero-order valence-electron chi connectivity index (χ0n) is 21.1. The van der Waals surface area contributed by atoms with Gasteiger partial charge in [0.15, 0.2) is 0 Å². The lowest BCUT2D eigenvalue weighted by Crippen LogP contribution is -2.10. The molecule has 34 heavy (non-hydrogen) atoms. The summed E-state index contributed by atoms with van der Waals surface area (Å²) in [6.07, 6.45) is 0. The van der Waals surface area contributed by atoms with Gasteiger partial charge in [-0.3, -0.25) is 0 Å². The molecule has 0 unspecified atom stereocenters. The summed E-state index contributed by atoms with van der Waals surface area (Å²) in [5.41, 5.74) is 10.0. The third-order valence-electron chi connectivity index (χ3n) is 6.78. The molecular weight excluding hydrogens is 410 g/mol. The van der Waals surface area contributed by atoms with Crippen LogP contribution in [-0.4, -0.2) is 4.98 Å². The van der Waals surface area contributed by atoms with Crippen LogP contribution in [0.4, 0.5) is 0 Å². The highest BCUT2D eigenvalue weighted by atomic mass is 14.7. The summed E-state index contributed by atoms with van der Waals surface area (Å²) in [5, 5.41) is 2.34. The van der Waals surface area contributed by atoms with Gasteiger partial charge in [-0.15, -0.1) is 0 Å². The molecule has 1 heteroatoms. The van der Waals surface area contributed by atoms with Crippen molar-refractivity contribution in [3.63, 3.8) is 0 Å². The van der Waals surface area contributed by atoms with Gasteiger partial charge in [-0.2, -0.15) is 0 Å². The van der Waals surface area contributed by atoms with Crippen molar-refractivity contribution < 1.29 is 0 Å². The highest BCUT2D eigenvalue weighted by Gasteiger charge is 2.14. The Morgan fingerprint density at radius 2 is 0.765 bits per heavy atom. The molecule has 0 aliphatic rings. The van der Waals surface area contributed by atoms with E-state index >= 15 is 0 Å². The summed E-state index contributed by atoms with van der Waals surface area (Å²) in [5.74, 6) is 0. The van der Waals surface area contributed by atoms with Gasteiger partial charge in [-0.1, -0.05) is 102 Å². The average molecular weight is 444 g/mol. The quantitative estimate of drug-likeness (QED) is 0.248. The molecule has 5 aromatic rings. The molecule has 0 bridgehead atoms. The third-order valence-corrected chi connectivity index (χ3v) is 6.78. The summed E-state index contributed by atoms with van der Waals surface area (Å²) in [4.78, 5) is 4.94. The van der Waals surface area contributed by atoms with E-state index in [0.29, 0.717) is 0 Å². The van der Waals surface area contributed by atoms with E-state index in [1.165, 1.54) is 44.2 Å². The maximum atomic E-state index is 4.94. The lowest BCUT2D eigenvalue weighted by Gasteiger charge is -2.19. The van der Waals surface area contributed by atoms with Crippen LogP contribution >= 0.6 is 0 Å².